The Hall–Kier alpha value is -1.61. The van der Waals surface area contributed by atoms with Crippen molar-refractivity contribution in [3.05, 3.63) is 48.6 Å². The summed E-state index contributed by atoms with van der Waals surface area (Å²) in [5, 5.41) is 0. The third-order valence-corrected chi connectivity index (χ3v) is 2.18. The lowest BCUT2D eigenvalue weighted by Crippen LogP contribution is -2.21. The number of carbonyl (C=O) groups excluding carboxylic acids is 1. The Balaban J connectivity index is 2.31. The summed E-state index contributed by atoms with van der Waals surface area (Å²) in [6.07, 6.45) is 2.09. The number of carbonyl (C=O) groups is 1. The molecular formula is C14H18O3. The fraction of sp³-hybridized carbons (Fsp3) is 0.357. The molecule has 3 heteroatoms. The minimum atomic E-state index is -0.292. The van der Waals surface area contributed by atoms with Crippen molar-refractivity contribution in [2.45, 2.75) is 26.1 Å². The van der Waals surface area contributed by atoms with Gasteiger partial charge in [0.15, 0.2) is 0 Å². The molecule has 0 aliphatic rings. The fourth-order valence-electron chi connectivity index (χ4n) is 1.45. The second-order valence-corrected chi connectivity index (χ2v) is 3.76. The topological polar surface area (TPSA) is 35.5 Å². The molecule has 0 bridgehead atoms. The molecule has 1 rings (SSSR count). The van der Waals surface area contributed by atoms with E-state index in [1.165, 1.54) is 6.92 Å². The van der Waals surface area contributed by atoms with Crippen LogP contribution in [0.25, 0.3) is 0 Å². The average Bonchev–Trinajstić information content (AvgIpc) is 2.30. The Bertz CT molecular complexity index is 346. The largest absolute Gasteiger partial charge is 0.460 e. The fourth-order valence-corrected chi connectivity index (χ4v) is 1.45. The third-order valence-electron chi connectivity index (χ3n) is 2.18. The van der Waals surface area contributed by atoms with Gasteiger partial charge in [-0.2, -0.15) is 0 Å². The van der Waals surface area contributed by atoms with Gasteiger partial charge in [0, 0.05) is 13.3 Å². The first kappa shape index (κ1) is 13.5. The quantitative estimate of drug-likeness (QED) is 0.537. The van der Waals surface area contributed by atoms with E-state index in [0.29, 0.717) is 19.6 Å². The molecular weight excluding hydrogens is 216 g/mol. The molecule has 1 aromatic rings. The van der Waals surface area contributed by atoms with Crippen LogP contribution in [-0.2, 0) is 20.9 Å². The molecule has 0 N–H and O–H groups in total. The van der Waals surface area contributed by atoms with Crippen molar-refractivity contribution in [3.8, 4) is 0 Å². The van der Waals surface area contributed by atoms with Crippen molar-refractivity contribution < 1.29 is 14.3 Å². The van der Waals surface area contributed by atoms with E-state index in [2.05, 4.69) is 6.58 Å². The van der Waals surface area contributed by atoms with Gasteiger partial charge >= 0.3 is 5.97 Å². The summed E-state index contributed by atoms with van der Waals surface area (Å²) in [5.41, 5.74) is 1.10. The second kappa shape index (κ2) is 7.63. The summed E-state index contributed by atoms with van der Waals surface area (Å²) in [4.78, 5) is 10.9. The van der Waals surface area contributed by atoms with Crippen LogP contribution in [0.4, 0.5) is 0 Å². The van der Waals surface area contributed by atoms with Crippen molar-refractivity contribution in [2.75, 3.05) is 6.61 Å². The molecule has 0 aliphatic heterocycles. The van der Waals surface area contributed by atoms with Crippen molar-refractivity contribution in [1.29, 1.82) is 0 Å². The maximum absolute atomic E-state index is 10.9. The molecule has 0 fully saturated rings. The van der Waals surface area contributed by atoms with Crippen molar-refractivity contribution >= 4 is 5.97 Å². The van der Waals surface area contributed by atoms with Crippen LogP contribution in [0.1, 0.15) is 18.9 Å². The van der Waals surface area contributed by atoms with Gasteiger partial charge < -0.3 is 9.47 Å². The van der Waals surface area contributed by atoms with Crippen LogP contribution in [0, 0.1) is 0 Å². The Morgan fingerprint density at radius 2 is 2.12 bits per heavy atom. The van der Waals surface area contributed by atoms with Gasteiger partial charge in [0.2, 0.25) is 0 Å². The zero-order chi connectivity index (χ0) is 12.5. The Morgan fingerprint density at radius 1 is 1.41 bits per heavy atom. The molecule has 1 aromatic carbocycles. The predicted molar refractivity (Wildman–Crippen MR) is 66.5 cm³/mol. The number of hydrogen-bond acceptors (Lipinski definition) is 3. The summed E-state index contributed by atoms with van der Waals surface area (Å²) >= 11 is 0. The second-order valence-electron chi connectivity index (χ2n) is 3.76. The van der Waals surface area contributed by atoms with E-state index in [9.17, 15) is 4.79 Å². The molecule has 0 heterocycles. The lowest BCUT2D eigenvalue weighted by Gasteiger charge is -2.15. The average molecular weight is 234 g/mol. The summed E-state index contributed by atoms with van der Waals surface area (Å²) in [7, 11) is 0. The predicted octanol–water partition coefficient (Wildman–Crippen LogP) is 2.71. The van der Waals surface area contributed by atoms with Gasteiger partial charge in [-0.1, -0.05) is 36.4 Å². The third kappa shape index (κ3) is 5.88. The molecule has 92 valence electrons. The van der Waals surface area contributed by atoms with E-state index in [1.807, 2.05) is 30.3 Å². The highest BCUT2D eigenvalue weighted by atomic mass is 16.6. The molecule has 1 atom stereocenters. The zero-order valence-corrected chi connectivity index (χ0v) is 10.1. The number of rotatable bonds is 7. The molecule has 0 saturated heterocycles. The van der Waals surface area contributed by atoms with Gasteiger partial charge in [-0.3, -0.25) is 4.79 Å². The van der Waals surface area contributed by atoms with E-state index in [4.69, 9.17) is 9.47 Å². The first-order valence-electron chi connectivity index (χ1n) is 5.62. The van der Waals surface area contributed by atoms with Gasteiger partial charge in [0.25, 0.3) is 0 Å². The first-order chi connectivity index (χ1) is 8.22. The van der Waals surface area contributed by atoms with Crippen molar-refractivity contribution in [2.24, 2.45) is 0 Å². The maximum atomic E-state index is 10.9. The number of benzene rings is 1. The molecule has 0 radical (unpaired) electrons. The molecule has 0 aliphatic carbocycles. The van der Waals surface area contributed by atoms with Crippen LogP contribution in [0.3, 0.4) is 0 Å². The smallest absolute Gasteiger partial charge is 0.302 e. The molecule has 0 amide bonds. The standard InChI is InChI=1S/C14H18O3/c1-3-7-14(17-12(2)15)11-16-10-13-8-5-4-6-9-13/h3-6,8-9,14H,1,7,10-11H2,2H3/t14-/m1/s1. The van der Waals surface area contributed by atoms with Crippen LogP contribution in [-0.4, -0.2) is 18.7 Å². The number of ether oxygens (including phenoxy) is 2. The summed E-state index contributed by atoms with van der Waals surface area (Å²) < 4.78 is 10.6. The molecule has 17 heavy (non-hydrogen) atoms. The highest BCUT2D eigenvalue weighted by Gasteiger charge is 2.10. The monoisotopic (exact) mass is 234 g/mol. The van der Waals surface area contributed by atoms with Crippen molar-refractivity contribution in [3.63, 3.8) is 0 Å². The molecule has 0 saturated carbocycles. The van der Waals surface area contributed by atoms with Gasteiger partial charge in [0.1, 0.15) is 6.10 Å². The minimum Gasteiger partial charge on any atom is -0.460 e. The highest BCUT2D eigenvalue weighted by molar-refractivity contribution is 5.66. The van der Waals surface area contributed by atoms with E-state index < -0.39 is 0 Å². The van der Waals surface area contributed by atoms with Gasteiger partial charge in [-0.25, -0.2) is 0 Å². The van der Waals surface area contributed by atoms with Crippen LogP contribution in [0.5, 0.6) is 0 Å². The molecule has 0 aromatic heterocycles. The minimum absolute atomic E-state index is 0.242. The van der Waals surface area contributed by atoms with E-state index >= 15 is 0 Å². The SMILES string of the molecule is C=CC[C@H](COCc1ccccc1)OC(C)=O. The zero-order valence-electron chi connectivity index (χ0n) is 10.1. The van der Waals surface area contributed by atoms with Gasteiger partial charge in [0.05, 0.1) is 13.2 Å². The Kier molecular flexibility index (Phi) is 6.04. The first-order valence-corrected chi connectivity index (χ1v) is 5.62. The highest BCUT2D eigenvalue weighted by Crippen LogP contribution is 2.05. The number of hydrogen-bond donors (Lipinski definition) is 0. The van der Waals surface area contributed by atoms with Crippen LogP contribution >= 0.6 is 0 Å². The van der Waals surface area contributed by atoms with E-state index in [1.54, 1.807) is 6.08 Å². The lowest BCUT2D eigenvalue weighted by molar-refractivity contribution is -0.149. The van der Waals surface area contributed by atoms with Crippen LogP contribution in [0.15, 0.2) is 43.0 Å². The molecule has 0 unspecified atom stereocenters. The molecule has 0 spiro atoms. The molecule has 3 nitrogen and oxygen atoms in total. The summed E-state index contributed by atoms with van der Waals surface area (Å²) in [6, 6.07) is 9.88. The number of esters is 1. The summed E-state index contributed by atoms with van der Waals surface area (Å²) in [6.45, 7) is 5.94. The lowest BCUT2D eigenvalue weighted by atomic mass is 10.2. The van der Waals surface area contributed by atoms with E-state index in [-0.39, 0.29) is 12.1 Å². The van der Waals surface area contributed by atoms with Crippen LogP contribution < -0.4 is 0 Å². The van der Waals surface area contributed by atoms with Crippen LogP contribution in [0.2, 0.25) is 0 Å². The maximum Gasteiger partial charge on any atom is 0.302 e. The Labute approximate surface area is 102 Å². The normalized spacial score (nSPS) is 11.8. The Morgan fingerprint density at radius 3 is 2.71 bits per heavy atom. The summed E-state index contributed by atoms with van der Waals surface area (Å²) in [5.74, 6) is -0.292. The van der Waals surface area contributed by atoms with Gasteiger partial charge in [-0.15, -0.1) is 6.58 Å². The van der Waals surface area contributed by atoms with Crippen molar-refractivity contribution in [1.82, 2.24) is 0 Å². The van der Waals surface area contributed by atoms with E-state index in [0.717, 1.165) is 5.56 Å². The van der Waals surface area contributed by atoms with Gasteiger partial charge in [-0.05, 0) is 5.56 Å².